The average molecular weight is 275 g/mol. The van der Waals surface area contributed by atoms with E-state index in [0.717, 1.165) is 0 Å². The number of hydrogen-bond donors (Lipinski definition) is 2. The van der Waals surface area contributed by atoms with E-state index in [0.29, 0.717) is 30.4 Å². The molecule has 0 spiro atoms. The Labute approximate surface area is 114 Å². The predicted octanol–water partition coefficient (Wildman–Crippen LogP) is 0.270. The van der Waals surface area contributed by atoms with Gasteiger partial charge in [0.15, 0.2) is 17.3 Å². The van der Waals surface area contributed by atoms with Crippen LogP contribution in [0.1, 0.15) is 0 Å². The first-order chi connectivity index (χ1) is 9.70. The minimum atomic E-state index is -0.253. The summed E-state index contributed by atoms with van der Waals surface area (Å²) in [5, 5.41) is 10.4. The van der Waals surface area contributed by atoms with Gasteiger partial charge >= 0.3 is 0 Å². The summed E-state index contributed by atoms with van der Waals surface area (Å²) in [5.74, 6) is 1.32. The summed E-state index contributed by atoms with van der Waals surface area (Å²) in [6.45, 7) is 1.03. The summed E-state index contributed by atoms with van der Waals surface area (Å²) in [7, 11) is 0. The molecule has 104 valence electrons. The van der Waals surface area contributed by atoms with Crippen molar-refractivity contribution in [3.05, 3.63) is 24.4 Å². The Morgan fingerprint density at radius 3 is 2.90 bits per heavy atom. The number of nitrogens with zero attached hydrogens (tertiary/aromatic N) is 3. The molecule has 0 saturated heterocycles. The number of ether oxygens (including phenoxy) is 2. The maximum Gasteiger partial charge on any atom is 0.247 e. The number of aromatic nitrogens is 3. The van der Waals surface area contributed by atoms with Gasteiger partial charge in [-0.1, -0.05) is 0 Å². The molecule has 2 aromatic rings. The molecule has 0 unspecified atom stereocenters. The van der Waals surface area contributed by atoms with Crippen LogP contribution in [0.3, 0.4) is 0 Å². The van der Waals surface area contributed by atoms with Crippen molar-refractivity contribution in [1.82, 2.24) is 15.0 Å². The first-order valence-corrected chi connectivity index (χ1v) is 6.06. The van der Waals surface area contributed by atoms with Gasteiger partial charge in [-0.2, -0.15) is 9.90 Å². The zero-order chi connectivity index (χ0) is 13.9. The molecule has 8 nitrogen and oxygen atoms in total. The number of amides is 1. The van der Waals surface area contributed by atoms with Gasteiger partial charge in [0.1, 0.15) is 19.8 Å². The van der Waals surface area contributed by atoms with E-state index in [1.807, 2.05) is 0 Å². The van der Waals surface area contributed by atoms with Gasteiger partial charge < -0.3 is 20.5 Å². The van der Waals surface area contributed by atoms with Crippen molar-refractivity contribution in [2.75, 3.05) is 24.3 Å². The van der Waals surface area contributed by atoms with Crippen LogP contribution in [0.25, 0.3) is 0 Å². The van der Waals surface area contributed by atoms with E-state index in [1.54, 1.807) is 18.2 Å². The van der Waals surface area contributed by atoms with E-state index >= 15 is 0 Å². The van der Waals surface area contributed by atoms with Crippen LogP contribution in [-0.4, -0.2) is 34.1 Å². The van der Waals surface area contributed by atoms with Crippen LogP contribution in [0, 0.1) is 0 Å². The molecule has 3 N–H and O–H groups in total. The highest BCUT2D eigenvalue weighted by atomic mass is 16.6. The van der Waals surface area contributed by atoms with Crippen LogP contribution in [-0.2, 0) is 11.3 Å². The van der Waals surface area contributed by atoms with Crippen molar-refractivity contribution < 1.29 is 14.3 Å². The van der Waals surface area contributed by atoms with E-state index in [4.69, 9.17) is 15.2 Å². The van der Waals surface area contributed by atoms with E-state index in [2.05, 4.69) is 15.5 Å². The van der Waals surface area contributed by atoms with E-state index in [9.17, 15) is 4.79 Å². The number of benzene rings is 1. The van der Waals surface area contributed by atoms with Crippen LogP contribution in [0.15, 0.2) is 24.4 Å². The van der Waals surface area contributed by atoms with Crippen molar-refractivity contribution >= 4 is 17.4 Å². The third-order valence-corrected chi connectivity index (χ3v) is 2.67. The van der Waals surface area contributed by atoms with Gasteiger partial charge in [-0.25, -0.2) is 0 Å². The summed E-state index contributed by atoms with van der Waals surface area (Å²) >= 11 is 0. The molecule has 1 aromatic heterocycles. The monoisotopic (exact) mass is 275 g/mol. The normalized spacial score (nSPS) is 13.0. The van der Waals surface area contributed by atoms with Crippen LogP contribution in [0.2, 0.25) is 0 Å². The van der Waals surface area contributed by atoms with E-state index in [1.165, 1.54) is 11.0 Å². The van der Waals surface area contributed by atoms with Crippen LogP contribution in [0.4, 0.5) is 11.5 Å². The Hall–Kier alpha value is -2.77. The van der Waals surface area contributed by atoms with Gasteiger partial charge in [0, 0.05) is 11.8 Å². The quantitative estimate of drug-likeness (QED) is 0.833. The first-order valence-electron chi connectivity index (χ1n) is 6.06. The fourth-order valence-electron chi connectivity index (χ4n) is 1.84. The molecular formula is C12H13N5O3. The van der Waals surface area contributed by atoms with Crippen molar-refractivity contribution in [2.24, 2.45) is 0 Å². The standard InChI is InChI=1S/C12H13N5O3/c13-11-6-14-17(16-11)7-12(18)15-8-1-2-9-10(5-8)20-4-3-19-9/h1-2,5-6H,3-4,7H2,(H2,13,16)(H,15,18). The maximum atomic E-state index is 11.8. The molecule has 0 bridgehead atoms. The lowest BCUT2D eigenvalue weighted by atomic mass is 10.2. The van der Waals surface area contributed by atoms with Crippen LogP contribution in [0.5, 0.6) is 11.5 Å². The smallest absolute Gasteiger partial charge is 0.247 e. The Bertz CT molecular complexity index is 640. The van der Waals surface area contributed by atoms with Crippen molar-refractivity contribution in [2.45, 2.75) is 6.54 Å². The minimum Gasteiger partial charge on any atom is -0.486 e. The first kappa shape index (κ1) is 12.3. The minimum absolute atomic E-state index is 0.00829. The number of fused-ring (bicyclic) bond motifs is 1. The summed E-state index contributed by atoms with van der Waals surface area (Å²) in [5.41, 5.74) is 6.05. The lowest BCUT2D eigenvalue weighted by molar-refractivity contribution is -0.117. The Balaban J connectivity index is 1.66. The molecule has 0 aliphatic carbocycles. The molecule has 3 rings (SSSR count). The lowest BCUT2D eigenvalue weighted by Gasteiger charge is -2.18. The fraction of sp³-hybridized carbons (Fsp3) is 0.250. The molecule has 0 fully saturated rings. The topological polar surface area (TPSA) is 104 Å². The molecule has 2 heterocycles. The Morgan fingerprint density at radius 2 is 2.15 bits per heavy atom. The number of carbonyl (C=O) groups is 1. The molecule has 1 amide bonds. The third kappa shape index (κ3) is 2.63. The molecule has 1 aliphatic rings. The SMILES string of the molecule is Nc1cnn(CC(=O)Nc2ccc3c(c2)OCCO3)n1. The summed E-state index contributed by atoms with van der Waals surface area (Å²) in [4.78, 5) is 13.1. The average Bonchev–Trinajstić information content (AvgIpc) is 2.83. The Morgan fingerprint density at radius 1 is 1.35 bits per heavy atom. The van der Waals surface area contributed by atoms with Crippen molar-refractivity contribution in [3.8, 4) is 11.5 Å². The second-order valence-electron chi connectivity index (χ2n) is 4.21. The van der Waals surface area contributed by atoms with Gasteiger partial charge in [-0.15, -0.1) is 5.10 Å². The van der Waals surface area contributed by atoms with Gasteiger partial charge in [0.2, 0.25) is 5.91 Å². The number of nitrogens with two attached hydrogens (primary N) is 1. The molecule has 8 heteroatoms. The number of carbonyl (C=O) groups excluding carboxylic acids is 1. The number of hydrogen-bond acceptors (Lipinski definition) is 6. The Kier molecular flexibility index (Phi) is 3.12. The maximum absolute atomic E-state index is 11.8. The number of anilines is 2. The van der Waals surface area contributed by atoms with E-state index < -0.39 is 0 Å². The van der Waals surface area contributed by atoms with Crippen LogP contribution < -0.4 is 20.5 Å². The lowest BCUT2D eigenvalue weighted by Crippen LogP contribution is -2.21. The second kappa shape index (κ2) is 5.08. The second-order valence-corrected chi connectivity index (χ2v) is 4.21. The zero-order valence-electron chi connectivity index (χ0n) is 10.6. The van der Waals surface area contributed by atoms with Crippen LogP contribution >= 0.6 is 0 Å². The third-order valence-electron chi connectivity index (χ3n) is 2.67. The molecule has 0 atom stereocenters. The van der Waals surface area contributed by atoms with Crippen molar-refractivity contribution in [1.29, 1.82) is 0 Å². The number of nitrogens with one attached hydrogen (secondary N) is 1. The highest BCUT2D eigenvalue weighted by Crippen LogP contribution is 2.32. The molecule has 20 heavy (non-hydrogen) atoms. The number of rotatable bonds is 3. The van der Waals surface area contributed by atoms with Crippen molar-refractivity contribution in [3.63, 3.8) is 0 Å². The molecule has 0 saturated carbocycles. The molecule has 0 radical (unpaired) electrons. The summed E-state index contributed by atoms with van der Waals surface area (Å²) < 4.78 is 10.9. The highest BCUT2D eigenvalue weighted by molar-refractivity contribution is 5.90. The zero-order valence-corrected chi connectivity index (χ0v) is 10.6. The van der Waals surface area contributed by atoms with Gasteiger partial charge in [0.25, 0.3) is 0 Å². The molecule has 1 aliphatic heterocycles. The fourth-order valence-corrected chi connectivity index (χ4v) is 1.84. The van der Waals surface area contributed by atoms with Gasteiger partial charge in [-0.05, 0) is 12.1 Å². The van der Waals surface area contributed by atoms with Gasteiger partial charge in [0.05, 0.1) is 6.20 Å². The molecular weight excluding hydrogens is 262 g/mol. The van der Waals surface area contributed by atoms with Gasteiger partial charge in [-0.3, -0.25) is 4.79 Å². The summed E-state index contributed by atoms with van der Waals surface area (Å²) in [6, 6.07) is 5.22. The summed E-state index contributed by atoms with van der Waals surface area (Å²) in [6.07, 6.45) is 1.39. The molecule has 1 aromatic carbocycles. The highest BCUT2D eigenvalue weighted by Gasteiger charge is 2.13. The number of nitrogen functional groups attached to an aromatic ring is 1. The van der Waals surface area contributed by atoms with E-state index in [-0.39, 0.29) is 18.3 Å². The largest absolute Gasteiger partial charge is 0.486 e. The predicted molar refractivity (Wildman–Crippen MR) is 70.5 cm³/mol.